The van der Waals surface area contributed by atoms with Gasteiger partial charge in [0.1, 0.15) is 12.4 Å². The fourth-order valence-electron chi connectivity index (χ4n) is 2.88. The SMILES string of the molecule is Cn1nccc1-c1cc([N+](=O)[O-])ccc1OCCN1CCC(F)(F)C1. The van der Waals surface area contributed by atoms with Gasteiger partial charge in [-0.1, -0.05) is 0 Å². The molecule has 7 nitrogen and oxygen atoms in total. The van der Waals surface area contributed by atoms with Crippen molar-refractivity contribution >= 4 is 5.69 Å². The number of alkyl halides is 2. The monoisotopic (exact) mass is 352 g/mol. The highest BCUT2D eigenvalue weighted by molar-refractivity contribution is 5.70. The summed E-state index contributed by atoms with van der Waals surface area (Å²) in [6.07, 6.45) is 1.45. The number of nitro groups is 1. The van der Waals surface area contributed by atoms with Crippen molar-refractivity contribution < 1.29 is 18.4 Å². The van der Waals surface area contributed by atoms with Gasteiger partial charge in [-0.2, -0.15) is 5.10 Å². The molecule has 0 spiro atoms. The third-order valence-electron chi connectivity index (χ3n) is 4.18. The fraction of sp³-hybridized carbons (Fsp3) is 0.438. The van der Waals surface area contributed by atoms with Gasteiger partial charge < -0.3 is 4.74 Å². The van der Waals surface area contributed by atoms with Crippen LogP contribution in [0.5, 0.6) is 5.75 Å². The summed E-state index contributed by atoms with van der Waals surface area (Å²) in [5.41, 5.74) is 1.16. The van der Waals surface area contributed by atoms with Crippen LogP contribution in [-0.2, 0) is 7.05 Å². The Morgan fingerprint density at radius 2 is 2.20 bits per heavy atom. The van der Waals surface area contributed by atoms with Gasteiger partial charge in [0.15, 0.2) is 0 Å². The summed E-state index contributed by atoms with van der Waals surface area (Å²) in [7, 11) is 1.73. The second-order valence-electron chi connectivity index (χ2n) is 6.01. The Balaban J connectivity index is 1.74. The number of hydrogen-bond donors (Lipinski definition) is 0. The van der Waals surface area contributed by atoms with Crippen molar-refractivity contribution in [2.45, 2.75) is 12.3 Å². The van der Waals surface area contributed by atoms with Gasteiger partial charge in [0.05, 0.1) is 17.2 Å². The van der Waals surface area contributed by atoms with Crippen LogP contribution in [0, 0.1) is 10.1 Å². The molecule has 0 atom stereocenters. The lowest BCUT2D eigenvalue weighted by atomic mass is 10.1. The van der Waals surface area contributed by atoms with Crippen LogP contribution in [0.25, 0.3) is 11.3 Å². The van der Waals surface area contributed by atoms with Crippen molar-refractivity contribution in [2.24, 2.45) is 7.05 Å². The number of likely N-dealkylation sites (tertiary alicyclic amines) is 1. The summed E-state index contributed by atoms with van der Waals surface area (Å²) in [6, 6.07) is 6.04. The molecule has 1 aromatic carbocycles. The lowest BCUT2D eigenvalue weighted by Crippen LogP contribution is -2.29. The van der Waals surface area contributed by atoms with Gasteiger partial charge in [-0.25, -0.2) is 8.78 Å². The van der Waals surface area contributed by atoms with Crippen molar-refractivity contribution in [3.8, 4) is 17.0 Å². The van der Waals surface area contributed by atoms with Gasteiger partial charge in [-0.05, 0) is 12.1 Å². The van der Waals surface area contributed by atoms with Crippen LogP contribution in [0.15, 0.2) is 30.5 Å². The molecular weight excluding hydrogens is 334 g/mol. The van der Waals surface area contributed by atoms with Crippen LogP contribution in [-0.4, -0.2) is 51.8 Å². The van der Waals surface area contributed by atoms with Gasteiger partial charge >= 0.3 is 0 Å². The van der Waals surface area contributed by atoms with Crippen LogP contribution in [0.4, 0.5) is 14.5 Å². The maximum Gasteiger partial charge on any atom is 0.270 e. The van der Waals surface area contributed by atoms with Crippen molar-refractivity contribution in [1.29, 1.82) is 0 Å². The number of nitrogens with zero attached hydrogens (tertiary/aromatic N) is 4. The van der Waals surface area contributed by atoms with E-state index in [0.29, 0.717) is 30.1 Å². The Morgan fingerprint density at radius 1 is 1.40 bits per heavy atom. The molecule has 0 amide bonds. The van der Waals surface area contributed by atoms with E-state index in [1.54, 1.807) is 28.9 Å². The van der Waals surface area contributed by atoms with Crippen molar-refractivity contribution in [3.05, 3.63) is 40.6 Å². The van der Waals surface area contributed by atoms with Gasteiger partial charge in [-0.3, -0.25) is 19.7 Å². The van der Waals surface area contributed by atoms with Crippen molar-refractivity contribution in [2.75, 3.05) is 26.2 Å². The van der Waals surface area contributed by atoms with E-state index < -0.39 is 10.8 Å². The molecule has 1 aliphatic heterocycles. The molecule has 1 fully saturated rings. The largest absolute Gasteiger partial charge is 0.492 e. The zero-order valence-corrected chi connectivity index (χ0v) is 13.7. The number of ether oxygens (including phenoxy) is 1. The molecule has 3 rings (SSSR count). The summed E-state index contributed by atoms with van der Waals surface area (Å²) in [4.78, 5) is 12.2. The molecule has 1 saturated heterocycles. The summed E-state index contributed by atoms with van der Waals surface area (Å²) in [5.74, 6) is -2.17. The van der Waals surface area contributed by atoms with Crippen molar-refractivity contribution in [1.82, 2.24) is 14.7 Å². The summed E-state index contributed by atoms with van der Waals surface area (Å²) < 4.78 is 33.7. The van der Waals surface area contributed by atoms with Gasteiger partial charge in [-0.15, -0.1) is 0 Å². The molecular formula is C16H18F2N4O3. The third-order valence-corrected chi connectivity index (χ3v) is 4.18. The second-order valence-corrected chi connectivity index (χ2v) is 6.01. The number of nitro benzene ring substituents is 1. The highest BCUT2D eigenvalue weighted by atomic mass is 19.3. The highest BCUT2D eigenvalue weighted by Gasteiger charge is 2.37. The predicted molar refractivity (Wildman–Crippen MR) is 86.8 cm³/mol. The number of aromatic nitrogens is 2. The first-order valence-corrected chi connectivity index (χ1v) is 7.85. The minimum atomic E-state index is -2.63. The Kier molecular flexibility index (Phi) is 4.67. The van der Waals surface area contributed by atoms with E-state index in [9.17, 15) is 18.9 Å². The van der Waals surface area contributed by atoms with E-state index in [2.05, 4.69) is 5.10 Å². The highest BCUT2D eigenvalue weighted by Crippen LogP contribution is 2.33. The minimum Gasteiger partial charge on any atom is -0.492 e. The van der Waals surface area contributed by atoms with E-state index in [4.69, 9.17) is 4.74 Å². The van der Waals surface area contributed by atoms with E-state index in [1.165, 1.54) is 18.2 Å². The van der Waals surface area contributed by atoms with E-state index in [1.807, 2.05) is 0 Å². The molecule has 134 valence electrons. The fourth-order valence-corrected chi connectivity index (χ4v) is 2.88. The normalized spacial score (nSPS) is 16.9. The molecule has 0 N–H and O–H groups in total. The van der Waals surface area contributed by atoms with Crippen LogP contribution < -0.4 is 4.74 Å². The predicted octanol–water partition coefficient (Wildman–Crippen LogP) is 2.72. The number of aryl methyl sites for hydroxylation is 1. The molecule has 0 bridgehead atoms. The standard InChI is InChI=1S/C16H18F2N4O3/c1-20-14(4-6-19-20)13-10-12(22(23)24)2-3-15(13)25-9-8-21-7-5-16(17,18)11-21/h2-4,6,10H,5,7-9,11H2,1H3. The number of hydrogen-bond acceptors (Lipinski definition) is 5. The molecule has 0 saturated carbocycles. The molecule has 0 aliphatic carbocycles. The summed E-state index contributed by atoms with van der Waals surface area (Å²) in [5, 5.41) is 15.1. The number of halogens is 2. The van der Waals surface area contributed by atoms with Crippen molar-refractivity contribution in [3.63, 3.8) is 0 Å². The zero-order chi connectivity index (χ0) is 18.0. The first kappa shape index (κ1) is 17.3. The molecule has 9 heteroatoms. The smallest absolute Gasteiger partial charge is 0.270 e. The van der Waals surface area contributed by atoms with Gasteiger partial charge in [0.2, 0.25) is 0 Å². The second kappa shape index (κ2) is 6.75. The third kappa shape index (κ3) is 3.93. The number of non-ortho nitro benzene ring substituents is 1. The number of benzene rings is 1. The van der Waals surface area contributed by atoms with Gasteiger partial charge in [0, 0.05) is 50.5 Å². The minimum absolute atomic E-state index is 0.0530. The molecule has 0 radical (unpaired) electrons. The van der Waals surface area contributed by atoms with Crippen LogP contribution >= 0.6 is 0 Å². The maximum absolute atomic E-state index is 13.2. The Labute approximate surface area is 143 Å². The first-order valence-electron chi connectivity index (χ1n) is 7.85. The zero-order valence-electron chi connectivity index (χ0n) is 13.7. The summed E-state index contributed by atoms with van der Waals surface area (Å²) in [6.45, 7) is 0.673. The van der Waals surface area contributed by atoms with Gasteiger partial charge in [0.25, 0.3) is 11.6 Å². The van der Waals surface area contributed by atoms with E-state index >= 15 is 0 Å². The quantitative estimate of drug-likeness (QED) is 0.590. The van der Waals surface area contributed by atoms with E-state index in [-0.39, 0.29) is 25.3 Å². The van der Waals surface area contributed by atoms with Crippen LogP contribution in [0.3, 0.4) is 0 Å². The lowest BCUT2D eigenvalue weighted by molar-refractivity contribution is -0.384. The first-order chi connectivity index (χ1) is 11.9. The maximum atomic E-state index is 13.2. The molecule has 1 aromatic heterocycles. The summed E-state index contributed by atoms with van der Waals surface area (Å²) >= 11 is 0. The van der Waals surface area contributed by atoms with E-state index in [0.717, 1.165) is 0 Å². The van der Waals surface area contributed by atoms with Crippen LogP contribution in [0.1, 0.15) is 6.42 Å². The molecule has 0 unspecified atom stereocenters. The average Bonchev–Trinajstić information content (AvgIpc) is 3.12. The molecule has 2 heterocycles. The topological polar surface area (TPSA) is 73.4 Å². The number of rotatable bonds is 6. The molecule has 2 aromatic rings. The lowest BCUT2D eigenvalue weighted by Gasteiger charge is -2.17. The Morgan fingerprint density at radius 3 is 2.80 bits per heavy atom. The Hall–Kier alpha value is -2.55. The molecule has 1 aliphatic rings. The molecule has 25 heavy (non-hydrogen) atoms. The van der Waals surface area contributed by atoms with Crippen LogP contribution in [0.2, 0.25) is 0 Å². The average molecular weight is 352 g/mol. The Bertz CT molecular complexity index is 778.